The van der Waals surface area contributed by atoms with E-state index in [1.807, 2.05) is 0 Å². The molecule has 1 saturated carbocycles. The highest BCUT2D eigenvalue weighted by atomic mass is 14.3. The fraction of sp³-hybridized carbons (Fsp3) is 0.538. The molecule has 0 heteroatoms. The first kappa shape index (κ1) is 8.80. The van der Waals surface area contributed by atoms with Crippen LogP contribution in [0.2, 0.25) is 0 Å². The summed E-state index contributed by atoms with van der Waals surface area (Å²) in [7, 11) is 0. The topological polar surface area (TPSA) is 0 Å². The SMILES string of the molecule is CCC1CC[C@@H](c2ccccc2)C1. The third-order valence-electron chi connectivity index (χ3n) is 3.39. The summed E-state index contributed by atoms with van der Waals surface area (Å²) in [5.41, 5.74) is 1.55. The lowest BCUT2D eigenvalue weighted by molar-refractivity contribution is 0.521. The van der Waals surface area contributed by atoms with Crippen LogP contribution >= 0.6 is 0 Å². The van der Waals surface area contributed by atoms with Crippen molar-refractivity contribution in [2.75, 3.05) is 0 Å². The Morgan fingerprint density at radius 1 is 1.15 bits per heavy atom. The van der Waals surface area contributed by atoms with Crippen LogP contribution in [0.1, 0.15) is 44.1 Å². The van der Waals surface area contributed by atoms with Gasteiger partial charge in [0.25, 0.3) is 0 Å². The molecular weight excluding hydrogens is 156 g/mol. The molecule has 0 amide bonds. The van der Waals surface area contributed by atoms with Gasteiger partial charge < -0.3 is 0 Å². The predicted octanol–water partition coefficient (Wildman–Crippen LogP) is 3.98. The summed E-state index contributed by atoms with van der Waals surface area (Å²) in [6.45, 7) is 2.32. The molecule has 1 aliphatic carbocycles. The molecule has 0 saturated heterocycles. The van der Waals surface area contributed by atoms with Crippen LogP contribution in [0.3, 0.4) is 0 Å². The zero-order valence-electron chi connectivity index (χ0n) is 8.37. The fourth-order valence-corrected chi connectivity index (χ4v) is 2.47. The van der Waals surface area contributed by atoms with Gasteiger partial charge in [-0.3, -0.25) is 0 Å². The summed E-state index contributed by atoms with van der Waals surface area (Å²) < 4.78 is 0. The van der Waals surface area contributed by atoms with Crippen molar-refractivity contribution in [3.8, 4) is 0 Å². The van der Waals surface area contributed by atoms with E-state index in [2.05, 4.69) is 37.3 Å². The zero-order chi connectivity index (χ0) is 9.10. The second kappa shape index (κ2) is 3.95. The summed E-state index contributed by atoms with van der Waals surface area (Å²) in [6, 6.07) is 11.0. The first-order chi connectivity index (χ1) is 6.40. The molecule has 0 aliphatic heterocycles. The van der Waals surface area contributed by atoms with Crippen LogP contribution in [-0.4, -0.2) is 0 Å². The van der Waals surface area contributed by atoms with Gasteiger partial charge in [-0.1, -0.05) is 43.7 Å². The van der Waals surface area contributed by atoms with Crippen LogP contribution in [-0.2, 0) is 0 Å². The van der Waals surface area contributed by atoms with E-state index in [1.54, 1.807) is 5.56 Å². The highest BCUT2D eigenvalue weighted by molar-refractivity contribution is 5.20. The van der Waals surface area contributed by atoms with Gasteiger partial charge in [0.2, 0.25) is 0 Å². The molecule has 0 bridgehead atoms. The van der Waals surface area contributed by atoms with E-state index in [9.17, 15) is 0 Å². The summed E-state index contributed by atoms with van der Waals surface area (Å²) in [6.07, 6.45) is 5.63. The van der Waals surface area contributed by atoms with Gasteiger partial charge in [-0.05, 0) is 36.7 Å². The monoisotopic (exact) mass is 174 g/mol. The van der Waals surface area contributed by atoms with E-state index in [0.717, 1.165) is 11.8 Å². The summed E-state index contributed by atoms with van der Waals surface area (Å²) in [5, 5.41) is 0. The van der Waals surface area contributed by atoms with Gasteiger partial charge in [-0.15, -0.1) is 0 Å². The van der Waals surface area contributed by atoms with E-state index in [0.29, 0.717) is 0 Å². The Hall–Kier alpha value is -0.780. The van der Waals surface area contributed by atoms with Crippen LogP contribution in [0, 0.1) is 5.92 Å². The highest BCUT2D eigenvalue weighted by Gasteiger charge is 2.23. The molecule has 0 radical (unpaired) electrons. The van der Waals surface area contributed by atoms with E-state index in [-0.39, 0.29) is 0 Å². The van der Waals surface area contributed by atoms with E-state index in [4.69, 9.17) is 0 Å². The third-order valence-corrected chi connectivity index (χ3v) is 3.39. The molecule has 1 aromatic rings. The Morgan fingerprint density at radius 3 is 2.54 bits per heavy atom. The van der Waals surface area contributed by atoms with Crippen LogP contribution in [0.15, 0.2) is 30.3 Å². The molecule has 1 aliphatic rings. The lowest BCUT2D eigenvalue weighted by Gasteiger charge is -2.09. The standard InChI is InChI=1S/C13H18/c1-2-11-8-9-13(10-11)12-6-4-3-5-7-12/h3-7,11,13H,2,8-10H2,1H3/t11?,13-/m1/s1. The average Bonchev–Trinajstić information content (AvgIpc) is 2.67. The number of hydrogen-bond donors (Lipinski definition) is 0. The Labute approximate surface area is 81.0 Å². The molecule has 1 unspecified atom stereocenters. The number of hydrogen-bond acceptors (Lipinski definition) is 0. The van der Waals surface area contributed by atoms with Crippen molar-refractivity contribution in [1.29, 1.82) is 0 Å². The summed E-state index contributed by atoms with van der Waals surface area (Å²) in [5.74, 6) is 1.84. The normalized spacial score (nSPS) is 27.8. The first-order valence-corrected chi connectivity index (χ1v) is 5.45. The van der Waals surface area contributed by atoms with Crippen molar-refractivity contribution in [3.05, 3.63) is 35.9 Å². The summed E-state index contributed by atoms with van der Waals surface area (Å²) >= 11 is 0. The van der Waals surface area contributed by atoms with Crippen molar-refractivity contribution in [3.63, 3.8) is 0 Å². The molecule has 2 rings (SSSR count). The van der Waals surface area contributed by atoms with Gasteiger partial charge in [0, 0.05) is 0 Å². The van der Waals surface area contributed by atoms with Crippen molar-refractivity contribution in [2.24, 2.45) is 5.92 Å². The molecule has 0 heterocycles. The lowest BCUT2D eigenvalue weighted by Crippen LogP contribution is -1.94. The molecule has 1 aromatic carbocycles. The second-order valence-electron chi connectivity index (χ2n) is 4.19. The van der Waals surface area contributed by atoms with Gasteiger partial charge in [-0.25, -0.2) is 0 Å². The van der Waals surface area contributed by atoms with Crippen molar-refractivity contribution in [2.45, 2.75) is 38.5 Å². The van der Waals surface area contributed by atoms with Gasteiger partial charge in [0.15, 0.2) is 0 Å². The molecule has 70 valence electrons. The van der Waals surface area contributed by atoms with E-state index < -0.39 is 0 Å². The third kappa shape index (κ3) is 1.93. The van der Waals surface area contributed by atoms with Gasteiger partial charge >= 0.3 is 0 Å². The minimum Gasteiger partial charge on any atom is -0.0651 e. The Bertz CT molecular complexity index is 250. The highest BCUT2D eigenvalue weighted by Crippen LogP contribution is 2.39. The minimum atomic E-state index is 0.853. The van der Waals surface area contributed by atoms with Crippen LogP contribution in [0.5, 0.6) is 0 Å². The van der Waals surface area contributed by atoms with Gasteiger partial charge in [-0.2, -0.15) is 0 Å². The van der Waals surface area contributed by atoms with E-state index in [1.165, 1.54) is 25.7 Å². The molecule has 0 nitrogen and oxygen atoms in total. The molecular formula is C13H18. The van der Waals surface area contributed by atoms with E-state index >= 15 is 0 Å². The minimum absolute atomic E-state index is 0.853. The largest absolute Gasteiger partial charge is 0.0651 e. The summed E-state index contributed by atoms with van der Waals surface area (Å²) in [4.78, 5) is 0. The zero-order valence-corrected chi connectivity index (χ0v) is 8.37. The van der Waals surface area contributed by atoms with Gasteiger partial charge in [0.05, 0.1) is 0 Å². The maximum absolute atomic E-state index is 2.32. The molecule has 1 fully saturated rings. The second-order valence-corrected chi connectivity index (χ2v) is 4.19. The Kier molecular flexibility index (Phi) is 2.68. The first-order valence-electron chi connectivity index (χ1n) is 5.45. The van der Waals surface area contributed by atoms with Crippen LogP contribution in [0.4, 0.5) is 0 Å². The van der Waals surface area contributed by atoms with Crippen molar-refractivity contribution in [1.82, 2.24) is 0 Å². The molecule has 0 N–H and O–H groups in total. The predicted molar refractivity (Wildman–Crippen MR) is 56.8 cm³/mol. The fourth-order valence-electron chi connectivity index (χ4n) is 2.47. The molecule has 13 heavy (non-hydrogen) atoms. The molecule has 2 atom stereocenters. The number of rotatable bonds is 2. The molecule has 0 spiro atoms. The van der Waals surface area contributed by atoms with Crippen LogP contribution < -0.4 is 0 Å². The van der Waals surface area contributed by atoms with Gasteiger partial charge in [0.1, 0.15) is 0 Å². The smallest absolute Gasteiger partial charge is 0.0159 e. The Morgan fingerprint density at radius 2 is 1.92 bits per heavy atom. The lowest BCUT2D eigenvalue weighted by atomic mass is 9.96. The quantitative estimate of drug-likeness (QED) is 0.636. The van der Waals surface area contributed by atoms with Crippen molar-refractivity contribution >= 4 is 0 Å². The number of benzene rings is 1. The Balaban J connectivity index is 2.04. The van der Waals surface area contributed by atoms with Crippen LogP contribution in [0.25, 0.3) is 0 Å². The maximum Gasteiger partial charge on any atom is -0.0159 e. The molecule has 0 aromatic heterocycles. The maximum atomic E-state index is 2.32. The van der Waals surface area contributed by atoms with Crippen molar-refractivity contribution < 1.29 is 0 Å². The average molecular weight is 174 g/mol.